The minimum absolute atomic E-state index is 0.00386. The Hall–Kier alpha value is -1.56. The topological polar surface area (TPSA) is 64.4 Å². The normalized spacial score (nSPS) is 10.2. The number of nitro benzene ring substituents is 1. The lowest BCUT2D eigenvalue weighted by Crippen LogP contribution is -2.07. The number of nitrogens with one attached hydrogen (secondary N) is 1. The molecule has 0 unspecified atom stereocenters. The van der Waals surface area contributed by atoms with Crippen LogP contribution in [0.4, 0.5) is 11.4 Å². The van der Waals surface area contributed by atoms with Crippen LogP contribution in [0.3, 0.4) is 0 Å². The Kier molecular flexibility index (Phi) is 5.15. The molecule has 0 bridgehead atoms. The SMILES string of the molecule is C=C(Br)CNc1cc(OC(C)C)cc([N+](=O)[O-])c1. The number of nitrogens with zero attached hydrogens (tertiary/aromatic N) is 1. The third-order valence-corrected chi connectivity index (χ3v) is 2.24. The lowest BCUT2D eigenvalue weighted by atomic mass is 10.2. The lowest BCUT2D eigenvalue weighted by molar-refractivity contribution is -0.384. The van der Waals surface area contributed by atoms with Gasteiger partial charge in [-0.25, -0.2) is 0 Å². The standard InChI is InChI=1S/C12H15BrN2O3/c1-8(2)18-12-5-10(14-7-9(3)13)4-11(6-12)15(16)17/h4-6,8,14H,3,7H2,1-2H3. The van der Waals surface area contributed by atoms with Crippen molar-refractivity contribution in [1.82, 2.24) is 0 Å². The molecule has 0 fully saturated rings. The summed E-state index contributed by atoms with van der Waals surface area (Å²) in [5.41, 5.74) is 0.622. The maximum Gasteiger partial charge on any atom is 0.275 e. The first-order valence-corrected chi connectivity index (χ1v) is 6.21. The molecule has 0 aliphatic carbocycles. The van der Waals surface area contributed by atoms with Crippen molar-refractivity contribution in [2.75, 3.05) is 11.9 Å². The molecule has 0 aliphatic heterocycles. The molecule has 6 heteroatoms. The predicted octanol–water partition coefficient (Wildman–Crippen LogP) is 3.70. The van der Waals surface area contributed by atoms with Crippen LogP contribution in [0.5, 0.6) is 5.75 Å². The fraction of sp³-hybridized carbons (Fsp3) is 0.333. The highest BCUT2D eigenvalue weighted by molar-refractivity contribution is 9.11. The zero-order valence-corrected chi connectivity index (χ0v) is 11.9. The number of non-ortho nitro benzene ring substituents is 1. The number of benzene rings is 1. The van der Waals surface area contributed by atoms with Crippen LogP contribution < -0.4 is 10.1 Å². The van der Waals surface area contributed by atoms with E-state index < -0.39 is 4.92 Å². The van der Waals surface area contributed by atoms with Crippen molar-refractivity contribution in [3.8, 4) is 5.75 Å². The van der Waals surface area contributed by atoms with E-state index in [1.807, 2.05) is 13.8 Å². The highest BCUT2D eigenvalue weighted by Crippen LogP contribution is 2.27. The molecule has 0 heterocycles. The Labute approximate surface area is 114 Å². The fourth-order valence-electron chi connectivity index (χ4n) is 1.33. The van der Waals surface area contributed by atoms with Crippen LogP contribution in [0.25, 0.3) is 0 Å². The molecular weight excluding hydrogens is 300 g/mol. The average molecular weight is 315 g/mol. The monoisotopic (exact) mass is 314 g/mol. The molecule has 0 spiro atoms. The summed E-state index contributed by atoms with van der Waals surface area (Å²) < 4.78 is 6.24. The van der Waals surface area contributed by atoms with Crippen molar-refractivity contribution in [2.24, 2.45) is 0 Å². The average Bonchev–Trinajstić information content (AvgIpc) is 2.25. The number of hydrogen-bond donors (Lipinski definition) is 1. The molecule has 1 aromatic rings. The molecule has 98 valence electrons. The second-order valence-electron chi connectivity index (χ2n) is 4.01. The van der Waals surface area contributed by atoms with Crippen LogP contribution in [-0.2, 0) is 0 Å². The summed E-state index contributed by atoms with van der Waals surface area (Å²) in [4.78, 5) is 10.4. The maximum atomic E-state index is 10.8. The van der Waals surface area contributed by atoms with Gasteiger partial charge in [0.15, 0.2) is 0 Å². The Morgan fingerprint density at radius 2 is 2.22 bits per heavy atom. The minimum Gasteiger partial charge on any atom is -0.491 e. The lowest BCUT2D eigenvalue weighted by Gasteiger charge is -2.12. The number of ether oxygens (including phenoxy) is 1. The quantitative estimate of drug-likeness (QED) is 0.642. The number of halogens is 1. The summed E-state index contributed by atoms with van der Waals surface area (Å²) in [6, 6.07) is 4.60. The van der Waals surface area contributed by atoms with Crippen LogP contribution >= 0.6 is 15.9 Å². The first kappa shape index (κ1) is 14.5. The molecule has 1 rings (SSSR count). The molecular formula is C12H15BrN2O3. The van der Waals surface area contributed by atoms with Gasteiger partial charge in [0.25, 0.3) is 5.69 Å². The maximum absolute atomic E-state index is 10.8. The third kappa shape index (κ3) is 4.75. The van der Waals surface area contributed by atoms with E-state index in [2.05, 4.69) is 27.8 Å². The predicted molar refractivity (Wildman–Crippen MR) is 75.4 cm³/mol. The van der Waals surface area contributed by atoms with Gasteiger partial charge >= 0.3 is 0 Å². The summed E-state index contributed by atoms with van der Waals surface area (Å²) in [6.07, 6.45) is -0.0361. The van der Waals surface area contributed by atoms with Crippen LogP contribution in [0.15, 0.2) is 29.3 Å². The Morgan fingerprint density at radius 3 is 2.72 bits per heavy atom. The molecule has 5 nitrogen and oxygen atoms in total. The van der Waals surface area contributed by atoms with Crippen LogP contribution in [-0.4, -0.2) is 17.6 Å². The van der Waals surface area contributed by atoms with Gasteiger partial charge in [-0.2, -0.15) is 0 Å². The van der Waals surface area contributed by atoms with Crippen molar-refractivity contribution in [1.29, 1.82) is 0 Å². The van der Waals surface area contributed by atoms with Crippen molar-refractivity contribution in [2.45, 2.75) is 20.0 Å². The summed E-state index contributed by atoms with van der Waals surface area (Å²) in [5.74, 6) is 0.474. The molecule has 1 aromatic carbocycles. The molecule has 0 aliphatic rings. The van der Waals surface area contributed by atoms with Crippen LogP contribution in [0, 0.1) is 10.1 Å². The molecule has 0 atom stereocenters. The third-order valence-electron chi connectivity index (χ3n) is 1.96. The van der Waals surface area contributed by atoms with E-state index >= 15 is 0 Å². The molecule has 18 heavy (non-hydrogen) atoms. The second kappa shape index (κ2) is 6.39. The van der Waals surface area contributed by atoms with Crippen LogP contribution in [0.1, 0.15) is 13.8 Å². The fourth-order valence-corrected chi connectivity index (χ4v) is 1.47. The molecule has 0 saturated carbocycles. The van der Waals surface area contributed by atoms with Gasteiger partial charge in [0.2, 0.25) is 0 Å². The Balaban J connectivity index is 2.97. The molecule has 0 aromatic heterocycles. The largest absolute Gasteiger partial charge is 0.491 e. The van der Waals surface area contributed by atoms with E-state index in [1.54, 1.807) is 6.07 Å². The first-order chi connectivity index (χ1) is 8.38. The van der Waals surface area contributed by atoms with Gasteiger partial charge in [-0.15, -0.1) is 0 Å². The smallest absolute Gasteiger partial charge is 0.275 e. The van der Waals surface area contributed by atoms with Crippen molar-refractivity contribution in [3.63, 3.8) is 0 Å². The summed E-state index contributed by atoms with van der Waals surface area (Å²) in [7, 11) is 0. The summed E-state index contributed by atoms with van der Waals surface area (Å²) >= 11 is 3.22. The highest BCUT2D eigenvalue weighted by Gasteiger charge is 2.11. The van der Waals surface area contributed by atoms with Gasteiger partial charge in [0.05, 0.1) is 17.1 Å². The van der Waals surface area contributed by atoms with Crippen molar-refractivity contribution in [3.05, 3.63) is 39.4 Å². The number of rotatable bonds is 6. The van der Waals surface area contributed by atoms with Gasteiger partial charge in [-0.05, 0) is 13.8 Å². The molecule has 0 amide bonds. The molecule has 0 radical (unpaired) electrons. The van der Waals surface area contributed by atoms with Crippen molar-refractivity contribution >= 4 is 27.3 Å². The van der Waals surface area contributed by atoms with Gasteiger partial charge in [-0.1, -0.05) is 22.5 Å². The first-order valence-electron chi connectivity index (χ1n) is 5.41. The van der Waals surface area contributed by atoms with E-state index in [-0.39, 0.29) is 11.8 Å². The highest BCUT2D eigenvalue weighted by atomic mass is 79.9. The van der Waals surface area contributed by atoms with E-state index in [9.17, 15) is 10.1 Å². The van der Waals surface area contributed by atoms with E-state index in [0.717, 1.165) is 4.48 Å². The van der Waals surface area contributed by atoms with Crippen LogP contribution in [0.2, 0.25) is 0 Å². The van der Waals surface area contributed by atoms with E-state index in [4.69, 9.17) is 4.74 Å². The number of anilines is 1. The zero-order chi connectivity index (χ0) is 13.7. The summed E-state index contributed by atoms with van der Waals surface area (Å²) in [5, 5.41) is 13.8. The van der Waals surface area contributed by atoms with Gasteiger partial charge in [0.1, 0.15) is 5.75 Å². The molecule has 1 N–H and O–H groups in total. The number of hydrogen-bond acceptors (Lipinski definition) is 4. The zero-order valence-electron chi connectivity index (χ0n) is 10.3. The molecule has 0 saturated heterocycles. The van der Waals surface area contributed by atoms with Crippen molar-refractivity contribution < 1.29 is 9.66 Å². The van der Waals surface area contributed by atoms with Gasteiger partial charge < -0.3 is 10.1 Å². The Bertz CT molecular complexity index is 461. The minimum atomic E-state index is -0.443. The van der Waals surface area contributed by atoms with E-state index in [0.29, 0.717) is 18.0 Å². The van der Waals surface area contributed by atoms with Gasteiger partial charge in [-0.3, -0.25) is 10.1 Å². The Morgan fingerprint density at radius 1 is 1.56 bits per heavy atom. The van der Waals surface area contributed by atoms with E-state index in [1.165, 1.54) is 12.1 Å². The summed E-state index contributed by atoms with van der Waals surface area (Å²) in [6.45, 7) is 7.91. The second-order valence-corrected chi connectivity index (χ2v) is 5.13. The van der Waals surface area contributed by atoms with Gasteiger partial charge in [0, 0.05) is 28.8 Å². The number of nitro groups is 1.